The summed E-state index contributed by atoms with van der Waals surface area (Å²) in [5, 5.41) is 12.9. The van der Waals surface area contributed by atoms with Gasteiger partial charge in [-0.15, -0.1) is 0 Å². The lowest BCUT2D eigenvalue weighted by Crippen LogP contribution is -1.97. The normalized spacial score (nSPS) is 10.5. The van der Waals surface area contributed by atoms with Crippen molar-refractivity contribution in [2.24, 2.45) is 0 Å². The number of anilines is 1. The number of furan rings is 1. The van der Waals surface area contributed by atoms with E-state index in [4.69, 9.17) is 27.6 Å². The molecule has 2 N–H and O–H groups in total. The third-order valence-corrected chi connectivity index (χ3v) is 3.11. The van der Waals surface area contributed by atoms with E-state index in [2.05, 4.69) is 21.2 Å². The van der Waals surface area contributed by atoms with Crippen molar-refractivity contribution in [3.8, 4) is 5.75 Å². The van der Waals surface area contributed by atoms with E-state index in [-0.39, 0.29) is 15.8 Å². The standard InChI is InChI=1S/C11H8BrCl2NO2/c12-10-2-1-7(17-10)5-15-6-3-8(13)11(16)9(14)4-6/h1-4,15-16H,5H2. The number of phenolic OH excluding ortho intramolecular Hbond substituents is 1. The van der Waals surface area contributed by atoms with E-state index in [0.29, 0.717) is 16.9 Å². The third-order valence-electron chi connectivity index (χ3n) is 2.11. The second-order valence-electron chi connectivity index (χ2n) is 3.35. The van der Waals surface area contributed by atoms with E-state index in [1.165, 1.54) is 0 Å². The Kier molecular flexibility index (Phi) is 3.86. The van der Waals surface area contributed by atoms with Crippen LogP contribution in [0.3, 0.4) is 0 Å². The largest absolute Gasteiger partial charge is 0.505 e. The molecule has 0 radical (unpaired) electrons. The zero-order chi connectivity index (χ0) is 12.4. The minimum Gasteiger partial charge on any atom is -0.505 e. The van der Waals surface area contributed by atoms with Crippen LogP contribution in [0.15, 0.2) is 33.4 Å². The van der Waals surface area contributed by atoms with Crippen LogP contribution < -0.4 is 5.32 Å². The maximum Gasteiger partial charge on any atom is 0.169 e. The minimum absolute atomic E-state index is 0.111. The Labute approximate surface area is 116 Å². The van der Waals surface area contributed by atoms with Gasteiger partial charge in [-0.2, -0.15) is 0 Å². The van der Waals surface area contributed by atoms with E-state index < -0.39 is 0 Å². The third kappa shape index (κ3) is 3.09. The maximum atomic E-state index is 9.40. The lowest BCUT2D eigenvalue weighted by atomic mass is 10.3. The lowest BCUT2D eigenvalue weighted by Gasteiger charge is -2.07. The SMILES string of the molecule is Oc1c(Cl)cc(NCc2ccc(Br)o2)cc1Cl. The van der Waals surface area contributed by atoms with Crippen molar-refractivity contribution in [1.82, 2.24) is 0 Å². The molecule has 0 saturated carbocycles. The van der Waals surface area contributed by atoms with Crippen molar-refractivity contribution in [2.75, 3.05) is 5.32 Å². The molecule has 0 aliphatic heterocycles. The molecule has 0 bridgehead atoms. The molecule has 17 heavy (non-hydrogen) atoms. The zero-order valence-corrected chi connectivity index (χ0v) is 11.6. The van der Waals surface area contributed by atoms with Gasteiger partial charge in [0.1, 0.15) is 5.76 Å². The molecular formula is C11H8BrCl2NO2. The van der Waals surface area contributed by atoms with Crippen LogP contribution in [0.1, 0.15) is 5.76 Å². The minimum atomic E-state index is -0.111. The molecule has 0 fully saturated rings. The summed E-state index contributed by atoms with van der Waals surface area (Å²) in [7, 11) is 0. The Bertz CT molecular complexity index is 519. The molecule has 2 rings (SSSR count). The van der Waals surface area contributed by atoms with Crippen molar-refractivity contribution in [3.63, 3.8) is 0 Å². The summed E-state index contributed by atoms with van der Waals surface area (Å²) in [5.74, 6) is 0.664. The highest BCUT2D eigenvalue weighted by Crippen LogP contribution is 2.34. The smallest absolute Gasteiger partial charge is 0.169 e. The van der Waals surface area contributed by atoms with Gasteiger partial charge >= 0.3 is 0 Å². The predicted octanol–water partition coefficient (Wildman–Crippen LogP) is 4.67. The average molecular weight is 337 g/mol. The molecule has 0 amide bonds. The number of hydrogen-bond acceptors (Lipinski definition) is 3. The van der Waals surface area contributed by atoms with Crippen LogP contribution in [0.4, 0.5) is 5.69 Å². The zero-order valence-electron chi connectivity index (χ0n) is 8.51. The topological polar surface area (TPSA) is 45.4 Å². The molecule has 0 unspecified atom stereocenters. The second-order valence-corrected chi connectivity index (χ2v) is 4.94. The molecular weight excluding hydrogens is 329 g/mol. The molecule has 1 heterocycles. The summed E-state index contributed by atoms with van der Waals surface area (Å²) in [6.45, 7) is 0.503. The number of aromatic hydroxyl groups is 1. The van der Waals surface area contributed by atoms with Gasteiger partial charge in [-0.25, -0.2) is 0 Å². The van der Waals surface area contributed by atoms with Gasteiger partial charge in [0.2, 0.25) is 0 Å². The van der Waals surface area contributed by atoms with Gasteiger partial charge in [0.15, 0.2) is 10.4 Å². The molecule has 90 valence electrons. The van der Waals surface area contributed by atoms with Crippen LogP contribution >= 0.6 is 39.1 Å². The summed E-state index contributed by atoms with van der Waals surface area (Å²) in [5.41, 5.74) is 0.713. The van der Waals surface area contributed by atoms with Crippen LogP contribution in [0.2, 0.25) is 10.0 Å². The first-order chi connectivity index (χ1) is 8.06. The number of phenols is 1. The van der Waals surface area contributed by atoms with Crippen molar-refractivity contribution >= 4 is 44.8 Å². The average Bonchev–Trinajstić information content (AvgIpc) is 2.69. The first-order valence-electron chi connectivity index (χ1n) is 4.72. The molecule has 2 aromatic rings. The fourth-order valence-electron chi connectivity index (χ4n) is 1.30. The van der Waals surface area contributed by atoms with Crippen molar-refractivity contribution in [3.05, 3.63) is 44.7 Å². The predicted molar refractivity (Wildman–Crippen MR) is 71.9 cm³/mol. The molecule has 6 heteroatoms. The highest BCUT2D eigenvalue weighted by Gasteiger charge is 2.07. The van der Waals surface area contributed by atoms with Crippen LogP contribution in [-0.2, 0) is 6.54 Å². The highest BCUT2D eigenvalue weighted by molar-refractivity contribution is 9.10. The first kappa shape index (κ1) is 12.6. The molecule has 0 atom stereocenters. The molecule has 3 nitrogen and oxygen atoms in total. The Balaban J connectivity index is 2.09. The van der Waals surface area contributed by atoms with Crippen molar-refractivity contribution in [2.45, 2.75) is 6.54 Å². The van der Waals surface area contributed by atoms with Gasteiger partial charge in [-0.1, -0.05) is 23.2 Å². The van der Waals surface area contributed by atoms with Gasteiger partial charge in [0.25, 0.3) is 0 Å². The Morgan fingerprint density at radius 3 is 2.41 bits per heavy atom. The quantitative estimate of drug-likeness (QED) is 0.801. The van der Waals surface area contributed by atoms with E-state index in [0.717, 1.165) is 5.76 Å². The number of rotatable bonds is 3. The first-order valence-corrected chi connectivity index (χ1v) is 6.27. The summed E-state index contributed by atoms with van der Waals surface area (Å²) in [6, 6.07) is 6.86. The summed E-state index contributed by atoms with van der Waals surface area (Å²) < 4.78 is 6.01. The van der Waals surface area contributed by atoms with Gasteiger partial charge in [0.05, 0.1) is 16.6 Å². The maximum absolute atomic E-state index is 9.40. The number of benzene rings is 1. The van der Waals surface area contributed by atoms with Crippen LogP contribution in [0, 0.1) is 0 Å². The number of nitrogens with one attached hydrogen (secondary N) is 1. The Morgan fingerprint density at radius 1 is 1.24 bits per heavy atom. The Hall–Kier alpha value is -0.840. The molecule has 1 aromatic heterocycles. The summed E-state index contributed by atoms with van der Waals surface area (Å²) in [6.07, 6.45) is 0. The number of hydrogen-bond donors (Lipinski definition) is 2. The lowest BCUT2D eigenvalue weighted by molar-refractivity contribution is 0.476. The monoisotopic (exact) mass is 335 g/mol. The van der Waals surface area contributed by atoms with Crippen molar-refractivity contribution in [1.29, 1.82) is 0 Å². The van der Waals surface area contributed by atoms with E-state index in [9.17, 15) is 5.11 Å². The molecule has 0 spiro atoms. The van der Waals surface area contributed by atoms with E-state index >= 15 is 0 Å². The van der Waals surface area contributed by atoms with Crippen LogP contribution in [-0.4, -0.2) is 5.11 Å². The molecule has 1 aromatic carbocycles. The summed E-state index contributed by atoms with van der Waals surface area (Å²) >= 11 is 14.8. The van der Waals surface area contributed by atoms with E-state index in [1.807, 2.05) is 12.1 Å². The van der Waals surface area contributed by atoms with Crippen LogP contribution in [0.25, 0.3) is 0 Å². The van der Waals surface area contributed by atoms with Gasteiger partial charge in [-0.3, -0.25) is 0 Å². The number of halogens is 3. The van der Waals surface area contributed by atoms with E-state index in [1.54, 1.807) is 12.1 Å². The second kappa shape index (κ2) is 5.21. The summed E-state index contributed by atoms with van der Waals surface area (Å²) in [4.78, 5) is 0. The Morgan fingerprint density at radius 2 is 1.88 bits per heavy atom. The van der Waals surface area contributed by atoms with Crippen LogP contribution in [0.5, 0.6) is 5.75 Å². The molecule has 0 aliphatic carbocycles. The van der Waals surface area contributed by atoms with Gasteiger partial charge in [-0.05, 0) is 40.2 Å². The van der Waals surface area contributed by atoms with Crippen molar-refractivity contribution < 1.29 is 9.52 Å². The molecule has 0 saturated heterocycles. The van der Waals surface area contributed by atoms with Gasteiger partial charge < -0.3 is 14.8 Å². The fraction of sp³-hybridized carbons (Fsp3) is 0.0909. The highest BCUT2D eigenvalue weighted by atomic mass is 79.9. The fourth-order valence-corrected chi connectivity index (χ4v) is 2.13. The molecule has 0 aliphatic rings. The van der Waals surface area contributed by atoms with Gasteiger partial charge in [0, 0.05) is 5.69 Å².